The number of nitrogens with two attached hydrogens (primary N) is 1. The predicted molar refractivity (Wildman–Crippen MR) is 75.3 cm³/mol. The zero-order chi connectivity index (χ0) is 14.5. The van der Waals surface area contributed by atoms with Crippen LogP contribution in [-0.2, 0) is 6.42 Å². The molecular weight excluding hydrogens is 258 g/mol. The van der Waals surface area contributed by atoms with Crippen LogP contribution in [0.3, 0.4) is 0 Å². The first-order valence-corrected chi connectivity index (χ1v) is 6.05. The van der Waals surface area contributed by atoms with E-state index in [0.29, 0.717) is 35.4 Å². The highest BCUT2D eigenvalue weighted by molar-refractivity contribution is 5.59. The summed E-state index contributed by atoms with van der Waals surface area (Å²) in [5, 5.41) is 0. The van der Waals surface area contributed by atoms with Crippen molar-refractivity contribution in [3.8, 4) is 17.5 Å². The van der Waals surface area contributed by atoms with Gasteiger partial charge in [-0.05, 0) is 11.6 Å². The van der Waals surface area contributed by atoms with Crippen LogP contribution >= 0.6 is 0 Å². The summed E-state index contributed by atoms with van der Waals surface area (Å²) in [6, 6.07) is 7.22. The summed E-state index contributed by atoms with van der Waals surface area (Å²) in [5.74, 6) is 2.11. The van der Waals surface area contributed by atoms with Crippen molar-refractivity contribution >= 4 is 5.69 Å². The van der Waals surface area contributed by atoms with E-state index in [1.54, 1.807) is 27.4 Å². The molecule has 0 aliphatic rings. The summed E-state index contributed by atoms with van der Waals surface area (Å²) in [7, 11) is 4.68. The fourth-order valence-corrected chi connectivity index (χ4v) is 1.83. The van der Waals surface area contributed by atoms with Crippen molar-refractivity contribution in [2.45, 2.75) is 6.42 Å². The minimum absolute atomic E-state index is 0.452. The molecule has 1 heterocycles. The Bertz CT molecular complexity index is 580. The number of benzene rings is 1. The molecule has 0 aliphatic carbocycles. The van der Waals surface area contributed by atoms with Gasteiger partial charge in [-0.15, -0.1) is 0 Å². The molecule has 0 aliphatic heterocycles. The summed E-state index contributed by atoms with van der Waals surface area (Å²) in [6.07, 6.45) is 0.469. The molecule has 0 fully saturated rings. The lowest BCUT2D eigenvalue weighted by Gasteiger charge is -2.10. The Morgan fingerprint density at radius 3 is 2.20 bits per heavy atom. The predicted octanol–water partition coefficient (Wildman–Crippen LogP) is 1.68. The molecule has 6 heteroatoms. The van der Waals surface area contributed by atoms with E-state index >= 15 is 0 Å². The smallest absolute Gasteiger partial charge is 0.220 e. The van der Waals surface area contributed by atoms with Crippen LogP contribution < -0.4 is 19.9 Å². The van der Waals surface area contributed by atoms with Crippen molar-refractivity contribution in [3.63, 3.8) is 0 Å². The molecule has 0 bridgehead atoms. The Labute approximate surface area is 117 Å². The van der Waals surface area contributed by atoms with Gasteiger partial charge in [-0.25, -0.2) is 0 Å². The lowest BCUT2D eigenvalue weighted by molar-refractivity contribution is 0.368. The number of nitrogen functional groups attached to an aromatic ring is 1. The number of anilines is 1. The van der Waals surface area contributed by atoms with Crippen LogP contribution in [-0.4, -0.2) is 31.3 Å². The van der Waals surface area contributed by atoms with Crippen molar-refractivity contribution in [2.75, 3.05) is 27.1 Å². The number of hydrogen-bond donors (Lipinski definition) is 1. The SMILES string of the molecule is COc1cc(OC)nc(Cc2cccc(OC)c2N)n1. The van der Waals surface area contributed by atoms with Crippen LogP contribution in [0.25, 0.3) is 0 Å². The van der Waals surface area contributed by atoms with Gasteiger partial charge in [-0.2, -0.15) is 9.97 Å². The van der Waals surface area contributed by atoms with Gasteiger partial charge in [-0.3, -0.25) is 0 Å². The third kappa shape index (κ3) is 2.90. The average molecular weight is 275 g/mol. The van der Waals surface area contributed by atoms with Gasteiger partial charge in [0.05, 0.1) is 33.1 Å². The molecule has 2 rings (SSSR count). The summed E-state index contributed by atoms with van der Waals surface area (Å²) >= 11 is 0. The van der Waals surface area contributed by atoms with Gasteiger partial charge in [0.2, 0.25) is 11.8 Å². The fourth-order valence-electron chi connectivity index (χ4n) is 1.83. The molecule has 2 N–H and O–H groups in total. The molecule has 6 nitrogen and oxygen atoms in total. The second kappa shape index (κ2) is 6.10. The second-order valence-electron chi connectivity index (χ2n) is 4.08. The first-order chi connectivity index (χ1) is 9.67. The van der Waals surface area contributed by atoms with Gasteiger partial charge in [0.15, 0.2) is 0 Å². The van der Waals surface area contributed by atoms with Crippen LogP contribution in [0, 0.1) is 0 Å². The number of hydrogen-bond acceptors (Lipinski definition) is 6. The van der Waals surface area contributed by atoms with Gasteiger partial charge in [0, 0.05) is 6.42 Å². The number of ether oxygens (including phenoxy) is 3. The summed E-state index contributed by atoms with van der Waals surface area (Å²) < 4.78 is 15.4. The maximum Gasteiger partial charge on any atom is 0.220 e. The first kappa shape index (κ1) is 13.9. The van der Waals surface area contributed by atoms with E-state index in [1.165, 1.54) is 0 Å². The highest BCUT2D eigenvalue weighted by Crippen LogP contribution is 2.26. The van der Waals surface area contributed by atoms with Crippen molar-refractivity contribution in [1.29, 1.82) is 0 Å². The first-order valence-electron chi connectivity index (χ1n) is 6.05. The van der Waals surface area contributed by atoms with Gasteiger partial charge in [-0.1, -0.05) is 12.1 Å². The molecule has 2 aromatic rings. The van der Waals surface area contributed by atoms with E-state index in [-0.39, 0.29) is 0 Å². The second-order valence-corrected chi connectivity index (χ2v) is 4.08. The summed E-state index contributed by atoms with van der Waals surface area (Å²) in [6.45, 7) is 0. The van der Waals surface area contributed by atoms with Crippen molar-refractivity contribution < 1.29 is 14.2 Å². The van der Waals surface area contributed by atoms with Crippen LogP contribution in [0.2, 0.25) is 0 Å². The lowest BCUT2D eigenvalue weighted by atomic mass is 10.1. The van der Waals surface area contributed by atoms with Crippen molar-refractivity contribution in [2.24, 2.45) is 0 Å². The average Bonchev–Trinajstić information content (AvgIpc) is 2.49. The Morgan fingerprint density at radius 1 is 1.00 bits per heavy atom. The number of nitrogens with zero attached hydrogens (tertiary/aromatic N) is 2. The third-order valence-corrected chi connectivity index (χ3v) is 2.87. The quantitative estimate of drug-likeness (QED) is 0.836. The van der Waals surface area contributed by atoms with E-state index in [2.05, 4.69) is 9.97 Å². The number of para-hydroxylation sites is 1. The number of methoxy groups -OCH3 is 3. The molecule has 0 saturated carbocycles. The maximum absolute atomic E-state index is 6.04. The maximum atomic E-state index is 6.04. The Morgan fingerprint density at radius 2 is 1.65 bits per heavy atom. The monoisotopic (exact) mass is 275 g/mol. The molecule has 20 heavy (non-hydrogen) atoms. The number of aromatic nitrogens is 2. The van der Waals surface area contributed by atoms with Crippen LogP contribution in [0.5, 0.6) is 17.5 Å². The fraction of sp³-hybridized carbons (Fsp3) is 0.286. The van der Waals surface area contributed by atoms with Crippen molar-refractivity contribution in [1.82, 2.24) is 9.97 Å². The Hall–Kier alpha value is -2.50. The highest BCUT2D eigenvalue weighted by Gasteiger charge is 2.10. The molecule has 0 unspecified atom stereocenters. The van der Waals surface area contributed by atoms with Gasteiger partial charge in [0.1, 0.15) is 11.6 Å². The van der Waals surface area contributed by atoms with E-state index in [4.69, 9.17) is 19.9 Å². The molecule has 0 amide bonds. The molecule has 106 valence electrons. The van der Waals surface area contributed by atoms with E-state index in [1.807, 2.05) is 18.2 Å². The number of rotatable bonds is 5. The summed E-state index contributed by atoms with van der Waals surface area (Å²) in [4.78, 5) is 8.56. The highest BCUT2D eigenvalue weighted by atomic mass is 16.5. The minimum Gasteiger partial charge on any atom is -0.495 e. The standard InChI is InChI=1S/C14H17N3O3/c1-18-10-6-4-5-9(14(10)15)7-11-16-12(19-2)8-13(17-11)20-3/h4-6,8H,7,15H2,1-3H3. The topological polar surface area (TPSA) is 79.5 Å². The van der Waals surface area contributed by atoms with E-state index in [0.717, 1.165) is 5.56 Å². The van der Waals surface area contributed by atoms with Gasteiger partial charge < -0.3 is 19.9 Å². The zero-order valence-electron chi connectivity index (χ0n) is 11.7. The molecule has 0 atom stereocenters. The molecule has 1 aromatic carbocycles. The lowest BCUT2D eigenvalue weighted by Crippen LogP contribution is -2.04. The normalized spacial score (nSPS) is 10.2. The van der Waals surface area contributed by atoms with Gasteiger partial charge in [0.25, 0.3) is 0 Å². The van der Waals surface area contributed by atoms with Crippen LogP contribution in [0.4, 0.5) is 5.69 Å². The Balaban J connectivity index is 2.34. The molecular formula is C14H17N3O3. The van der Waals surface area contributed by atoms with Crippen LogP contribution in [0.15, 0.2) is 24.3 Å². The van der Waals surface area contributed by atoms with E-state index < -0.39 is 0 Å². The largest absolute Gasteiger partial charge is 0.495 e. The van der Waals surface area contributed by atoms with Gasteiger partial charge >= 0.3 is 0 Å². The van der Waals surface area contributed by atoms with Crippen molar-refractivity contribution in [3.05, 3.63) is 35.7 Å². The molecule has 0 saturated heterocycles. The zero-order valence-corrected chi connectivity index (χ0v) is 11.7. The summed E-state index contributed by atoms with van der Waals surface area (Å²) in [5.41, 5.74) is 7.51. The molecule has 0 spiro atoms. The Kier molecular flexibility index (Phi) is 4.24. The minimum atomic E-state index is 0.452. The molecule has 1 aromatic heterocycles. The van der Waals surface area contributed by atoms with E-state index in [9.17, 15) is 0 Å². The third-order valence-electron chi connectivity index (χ3n) is 2.87. The van der Waals surface area contributed by atoms with Crippen LogP contribution in [0.1, 0.15) is 11.4 Å². The molecule has 0 radical (unpaired) electrons.